The molecule has 1 saturated heterocycles. The minimum atomic E-state index is -0.0495. The maximum absolute atomic E-state index is 12.4. The number of rotatable bonds is 11. The number of aliphatic imine (C=N–C) groups is 1. The summed E-state index contributed by atoms with van der Waals surface area (Å²) in [4.78, 5) is 16.7. The highest BCUT2D eigenvalue weighted by molar-refractivity contribution is 5.94. The Kier molecular flexibility index (Phi) is 10.6. The van der Waals surface area contributed by atoms with Gasteiger partial charge in [-0.1, -0.05) is 45.2 Å². The number of nitrogens with zero attached hydrogens (tertiary/aromatic N) is 1. The van der Waals surface area contributed by atoms with E-state index in [2.05, 4.69) is 34.8 Å². The van der Waals surface area contributed by atoms with Crippen molar-refractivity contribution in [3.63, 3.8) is 0 Å². The molecule has 1 amide bonds. The maximum atomic E-state index is 12.4. The molecule has 29 heavy (non-hydrogen) atoms. The van der Waals surface area contributed by atoms with Gasteiger partial charge in [-0.15, -0.1) is 0 Å². The molecule has 0 radical (unpaired) electrons. The van der Waals surface area contributed by atoms with Crippen LogP contribution in [0.4, 0.5) is 0 Å². The lowest BCUT2D eigenvalue weighted by Gasteiger charge is -2.18. The van der Waals surface area contributed by atoms with Gasteiger partial charge in [0.15, 0.2) is 5.96 Å². The van der Waals surface area contributed by atoms with Gasteiger partial charge in [0.1, 0.15) is 0 Å². The van der Waals surface area contributed by atoms with E-state index in [0.717, 1.165) is 37.5 Å². The maximum Gasteiger partial charge on any atom is 0.251 e. The molecule has 3 N–H and O–H groups in total. The zero-order valence-electron chi connectivity index (χ0n) is 18.3. The second kappa shape index (κ2) is 13.2. The van der Waals surface area contributed by atoms with Crippen LogP contribution in [0, 0.1) is 5.92 Å². The van der Waals surface area contributed by atoms with Crippen LogP contribution in [-0.2, 0) is 11.3 Å². The summed E-state index contributed by atoms with van der Waals surface area (Å²) in [7, 11) is 1.79. The third kappa shape index (κ3) is 8.44. The number of hydrogen-bond acceptors (Lipinski definition) is 3. The van der Waals surface area contributed by atoms with E-state index in [9.17, 15) is 4.79 Å². The molecule has 6 nitrogen and oxygen atoms in total. The molecule has 1 aliphatic heterocycles. The van der Waals surface area contributed by atoms with Gasteiger partial charge in [0.25, 0.3) is 5.91 Å². The van der Waals surface area contributed by atoms with E-state index in [4.69, 9.17) is 4.74 Å². The summed E-state index contributed by atoms with van der Waals surface area (Å²) in [5, 5.41) is 9.77. The summed E-state index contributed by atoms with van der Waals surface area (Å²) in [6.07, 6.45) is 7.19. The Morgan fingerprint density at radius 3 is 2.83 bits per heavy atom. The van der Waals surface area contributed by atoms with Crippen molar-refractivity contribution >= 4 is 11.9 Å². The summed E-state index contributed by atoms with van der Waals surface area (Å²) in [5.74, 6) is 1.42. The summed E-state index contributed by atoms with van der Waals surface area (Å²) in [6.45, 7) is 7.41. The number of benzene rings is 1. The van der Waals surface area contributed by atoms with E-state index < -0.39 is 0 Å². The highest BCUT2D eigenvalue weighted by atomic mass is 16.5. The fourth-order valence-corrected chi connectivity index (χ4v) is 3.53. The van der Waals surface area contributed by atoms with Crippen LogP contribution in [0.25, 0.3) is 0 Å². The molecule has 0 spiro atoms. The average molecular weight is 403 g/mol. The van der Waals surface area contributed by atoms with Crippen molar-refractivity contribution < 1.29 is 9.53 Å². The molecule has 6 heteroatoms. The van der Waals surface area contributed by atoms with Crippen molar-refractivity contribution in [2.45, 2.75) is 65.0 Å². The van der Waals surface area contributed by atoms with Crippen LogP contribution in [-0.4, -0.2) is 44.7 Å². The van der Waals surface area contributed by atoms with Gasteiger partial charge in [-0.25, -0.2) is 0 Å². The van der Waals surface area contributed by atoms with Crippen LogP contribution in [0.2, 0.25) is 0 Å². The summed E-state index contributed by atoms with van der Waals surface area (Å²) < 4.78 is 5.56. The lowest BCUT2D eigenvalue weighted by atomic mass is 9.99. The summed E-state index contributed by atoms with van der Waals surface area (Å²) in [6, 6.07) is 7.72. The first-order valence-electron chi connectivity index (χ1n) is 11.1. The molecule has 0 bridgehead atoms. The first kappa shape index (κ1) is 23.2. The standard InChI is InChI=1S/C23H38N4O2/c1-4-6-9-18(5-2)15-26-23(24-3)27-16-19-10-7-11-20(14-19)22(28)25-17-21-12-8-13-29-21/h7,10-11,14,18,21H,4-6,8-9,12-13,15-17H2,1-3H3,(H,25,28)(H2,24,26,27). The SMILES string of the molecule is CCCCC(CC)CNC(=NC)NCc1cccc(C(=O)NCC2CCCO2)c1. The number of carbonyl (C=O) groups is 1. The number of guanidine groups is 1. The van der Waals surface area contributed by atoms with Crippen molar-refractivity contribution in [2.75, 3.05) is 26.7 Å². The molecule has 1 aromatic carbocycles. The van der Waals surface area contributed by atoms with Crippen LogP contribution in [0.5, 0.6) is 0 Å². The van der Waals surface area contributed by atoms with Crippen molar-refractivity contribution in [1.29, 1.82) is 0 Å². The predicted molar refractivity (Wildman–Crippen MR) is 119 cm³/mol. The van der Waals surface area contributed by atoms with E-state index in [-0.39, 0.29) is 12.0 Å². The van der Waals surface area contributed by atoms with Gasteiger partial charge >= 0.3 is 0 Å². The second-order valence-corrected chi connectivity index (χ2v) is 7.77. The smallest absolute Gasteiger partial charge is 0.251 e. The highest BCUT2D eigenvalue weighted by Crippen LogP contribution is 2.12. The molecule has 2 unspecified atom stereocenters. The first-order valence-corrected chi connectivity index (χ1v) is 11.1. The fraction of sp³-hybridized carbons (Fsp3) is 0.652. The molecule has 2 rings (SSSR count). The minimum absolute atomic E-state index is 0.0495. The fourth-order valence-electron chi connectivity index (χ4n) is 3.53. The number of amides is 1. The lowest BCUT2D eigenvalue weighted by molar-refractivity contribution is 0.0857. The van der Waals surface area contributed by atoms with Gasteiger partial charge in [-0.3, -0.25) is 9.79 Å². The lowest BCUT2D eigenvalue weighted by Crippen LogP contribution is -2.39. The van der Waals surface area contributed by atoms with E-state index >= 15 is 0 Å². The van der Waals surface area contributed by atoms with E-state index in [1.54, 1.807) is 7.05 Å². The Labute approximate surface area is 175 Å². The van der Waals surface area contributed by atoms with Crippen molar-refractivity contribution in [3.05, 3.63) is 35.4 Å². The zero-order valence-corrected chi connectivity index (χ0v) is 18.3. The molecule has 0 aliphatic carbocycles. The topological polar surface area (TPSA) is 74.8 Å². The molecular formula is C23H38N4O2. The van der Waals surface area contributed by atoms with Crippen LogP contribution >= 0.6 is 0 Å². The molecule has 0 saturated carbocycles. The van der Waals surface area contributed by atoms with Crippen molar-refractivity contribution in [2.24, 2.45) is 10.9 Å². The van der Waals surface area contributed by atoms with Gasteiger partial charge in [0, 0.05) is 38.9 Å². The molecule has 1 fully saturated rings. The van der Waals surface area contributed by atoms with Crippen LogP contribution in [0.1, 0.15) is 68.3 Å². The second-order valence-electron chi connectivity index (χ2n) is 7.77. The molecule has 1 heterocycles. The Hall–Kier alpha value is -2.08. The zero-order chi connectivity index (χ0) is 20.9. The Morgan fingerprint density at radius 2 is 2.14 bits per heavy atom. The first-order chi connectivity index (χ1) is 14.2. The van der Waals surface area contributed by atoms with E-state index in [0.29, 0.717) is 24.6 Å². The van der Waals surface area contributed by atoms with Gasteiger partial charge < -0.3 is 20.7 Å². The number of hydrogen-bond donors (Lipinski definition) is 3. The van der Waals surface area contributed by atoms with Gasteiger partial charge in [0.05, 0.1) is 6.10 Å². The normalized spacial score (nSPS) is 17.8. The third-order valence-electron chi connectivity index (χ3n) is 5.49. The number of nitrogens with one attached hydrogen (secondary N) is 3. The van der Waals surface area contributed by atoms with E-state index in [1.165, 1.54) is 25.7 Å². The molecule has 1 aromatic rings. The quantitative estimate of drug-likeness (QED) is 0.391. The largest absolute Gasteiger partial charge is 0.376 e. The molecule has 0 aromatic heterocycles. The average Bonchev–Trinajstić information content (AvgIpc) is 3.28. The summed E-state index contributed by atoms with van der Waals surface area (Å²) >= 11 is 0. The van der Waals surface area contributed by atoms with Crippen molar-refractivity contribution in [1.82, 2.24) is 16.0 Å². The van der Waals surface area contributed by atoms with E-state index in [1.807, 2.05) is 24.3 Å². The van der Waals surface area contributed by atoms with Crippen LogP contribution in [0.15, 0.2) is 29.3 Å². The molecule has 2 atom stereocenters. The predicted octanol–water partition coefficient (Wildman–Crippen LogP) is 3.48. The van der Waals surface area contributed by atoms with Crippen LogP contribution < -0.4 is 16.0 Å². The summed E-state index contributed by atoms with van der Waals surface area (Å²) in [5.41, 5.74) is 1.73. The Bertz CT molecular complexity index is 642. The third-order valence-corrected chi connectivity index (χ3v) is 5.49. The number of unbranched alkanes of at least 4 members (excludes halogenated alkanes) is 1. The number of carbonyl (C=O) groups excluding carboxylic acids is 1. The van der Waals surface area contributed by atoms with Crippen molar-refractivity contribution in [3.8, 4) is 0 Å². The molecular weight excluding hydrogens is 364 g/mol. The van der Waals surface area contributed by atoms with Gasteiger partial charge in [-0.2, -0.15) is 0 Å². The number of ether oxygens (including phenoxy) is 1. The molecule has 162 valence electrons. The Balaban J connectivity index is 1.79. The monoisotopic (exact) mass is 402 g/mol. The Morgan fingerprint density at radius 1 is 1.28 bits per heavy atom. The highest BCUT2D eigenvalue weighted by Gasteiger charge is 2.16. The van der Waals surface area contributed by atoms with Gasteiger partial charge in [-0.05, 0) is 42.9 Å². The molecule has 1 aliphatic rings. The minimum Gasteiger partial charge on any atom is -0.376 e. The van der Waals surface area contributed by atoms with Gasteiger partial charge in [0.2, 0.25) is 0 Å². The van der Waals surface area contributed by atoms with Crippen LogP contribution in [0.3, 0.4) is 0 Å².